The number of aromatic nitrogens is 2. The van der Waals surface area contributed by atoms with E-state index in [1.165, 1.54) is 0 Å². The molecule has 0 unspecified atom stereocenters. The van der Waals surface area contributed by atoms with Crippen molar-refractivity contribution in [2.24, 2.45) is 0 Å². The number of amides is 1. The summed E-state index contributed by atoms with van der Waals surface area (Å²) >= 11 is 6.10. The molecule has 0 aliphatic carbocycles. The molecule has 1 aliphatic heterocycles. The Labute approximate surface area is 155 Å². The molecule has 3 rings (SSSR count). The Balaban J connectivity index is 1.83. The van der Waals surface area contributed by atoms with Gasteiger partial charge in [-0.3, -0.25) is 19.6 Å². The summed E-state index contributed by atoms with van der Waals surface area (Å²) in [5.74, 6) is -0.538. The molecule has 1 amide bonds. The number of rotatable bonds is 4. The van der Waals surface area contributed by atoms with Gasteiger partial charge in [0.15, 0.2) is 0 Å². The summed E-state index contributed by atoms with van der Waals surface area (Å²) in [6.07, 6.45) is 1.15. The first kappa shape index (κ1) is 18.4. The summed E-state index contributed by atoms with van der Waals surface area (Å²) < 4.78 is 0.972. The summed E-state index contributed by atoms with van der Waals surface area (Å²) in [7, 11) is 2.01. The van der Waals surface area contributed by atoms with Crippen molar-refractivity contribution < 1.29 is 4.79 Å². The lowest BCUT2D eigenvalue weighted by molar-refractivity contribution is 0.0660. The van der Waals surface area contributed by atoms with Gasteiger partial charge in [-0.15, -0.1) is 0 Å². The van der Waals surface area contributed by atoms with Crippen molar-refractivity contribution in [1.82, 2.24) is 24.9 Å². The predicted molar refractivity (Wildman–Crippen MR) is 98.4 cm³/mol. The van der Waals surface area contributed by atoms with Crippen molar-refractivity contribution in [2.75, 3.05) is 33.2 Å². The highest BCUT2D eigenvalue weighted by molar-refractivity contribution is 6.31. The molecule has 8 nitrogen and oxygen atoms in total. The Morgan fingerprint density at radius 1 is 1.19 bits per heavy atom. The smallest absolute Gasteiger partial charge is 0.313 e. The molecule has 1 fully saturated rings. The zero-order valence-corrected chi connectivity index (χ0v) is 15.1. The van der Waals surface area contributed by atoms with Crippen LogP contribution in [0.25, 0.3) is 0 Å². The standard InChI is InChI=1S/C17H20ClN5O3/c1-21-6-8-22(9-7-21)20-15(24)13-10-19-17(26)23(16(13)25)11-12-4-2-3-5-14(12)18/h2-5,10H,6-9,11H2,1H3,(H,19,26)(H,20,24). The van der Waals surface area contributed by atoms with Gasteiger partial charge in [-0.05, 0) is 18.7 Å². The maximum Gasteiger partial charge on any atom is 0.328 e. The van der Waals surface area contributed by atoms with Crippen molar-refractivity contribution in [3.8, 4) is 0 Å². The molecule has 138 valence electrons. The Morgan fingerprint density at radius 2 is 1.88 bits per heavy atom. The first-order valence-corrected chi connectivity index (χ1v) is 8.64. The van der Waals surface area contributed by atoms with E-state index in [1.807, 2.05) is 7.05 Å². The molecule has 1 aromatic heterocycles. The molecule has 2 heterocycles. The van der Waals surface area contributed by atoms with Gasteiger partial charge < -0.3 is 9.88 Å². The molecule has 0 spiro atoms. The molecule has 0 bridgehead atoms. The number of piperazine rings is 1. The number of nitrogens with one attached hydrogen (secondary N) is 2. The van der Waals surface area contributed by atoms with Gasteiger partial charge in [0, 0.05) is 37.4 Å². The quantitative estimate of drug-likeness (QED) is 0.790. The summed E-state index contributed by atoms with van der Waals surface area (Å²) in [6, 6.07) is 6.94. The van der Waals surface area contributed by atoms with Crippen LogP contribution < -0.4 is 16.7 Å². The van der Waals surface area contributed by atoms with Crippen molar-refractivity contribution in [3.05, 3.63) is 67.4 Å². The number of likely N-dealkylation sites (N-methyl/N-ethyl adjacent to an activating group) is 1. The molecule has 1 aromatic carbocycles. The minimum Gasteiger partial charge on any atom is -0.313 e. The van der Waals surface area contributed by atoms with E-state index in [-0.39, 0.29) is 12.1 Å². The summed E-state index contributed by atoms with van der Waals surface area (Å²) in [4.78, 5) is 41.8. The van der Waals surface area contributed by atoms with Crippen LogP contribution in [0.1, 0.15) is 15.9 Å². The Hall–Kier alpha value is -2.42. The molecule has 0 saturated carbocycles. The second kappa shape index (κ2) is 7.86. The zero-order chi connectivity index (χ0) is 18.7. The highest BCUT2D eigenvalue weighted by atomic mass is 35.5. The van der Waals surface area contributed by atoms with Crippen molar-refractivity contribution in [3.63, 3.8) is 0 Å². The van der Waals surface area contributed by atoms with Gasteiger partial charge in [0.1, 0.15) is 5.56 Å². The van der Waals surface area contributed by atoms with E-state index < -0.39 is 17.2 Å². The van der Waals surface area contributed by atoms with Crippen LogP contribution in [0.3, 0.4) is 0 Å². The minimum absolute atomic E-state index is 0.0104. The average molecular weight is 378 g/mol. The summed E-state index contributed by atoms with van der Waals surface area (Å²) in [5.41, 5.74) is 1.99. The highest BCUT2D eigenvalue weighted by Gasteiger charge is 2.20. The maximum absolute atomic E-state index is 12.7. The number of hydrazine groups is 1. The maximum atomic E-state index is 12.7. The molecule has 1 aliphatic rings. The largest absolute Gasteiger partial charge is 0.328 e. The number of carbonyl (C=O) groups is 1. The topological polar surface area (TPSA) is 90.4 Å². The third kappa shape index (κ3) is 4.04. The number of nitrogens with zero attached hydrogens (tertiary/aromatic N) is 3. The van der Waals surface area contributed by atoms with Crippen LogP contribution >= 0.6 is 11.6 Å². The molecule has 26 heavy (non-hydrogen) atoms. The number of hydrogen-bond donors (Lipinski definition) is 2. The van der Waals surface area contributed by atoms with Crippen molar-refractivity contribution in [2.45, 2.75) is 6.54 Å². The Bertz CT molecular complexity index is 915. The molecule has 1 saturated heterocycles. The fourth-order valence-electron chi connectivity index (χ4n) is 2.74. The minimum atomic E-state index is -0.653. The number of hydrogen-bond acceptors (Lipinski definition) is 5. The first-order valence-electron chi connectivity index (χ1n) is 8.26. The Morgan fingerprint density at radius 3 is 2.58 bits per heavy atom. The van der Waals surface area contributed by atoms with Crippen LogP contribution in [-0.4, -0.2) is 58.6 Å². The fraction of sp³-hybridized carbons (Fsp3) is 0.353. The van der Waals surface area contributed by atoms with Crippen LogP contribution in [0.2, 0.25) is 5.02 Å². The van der Waals surface area contributed by atoms with E-state index in [1.54, 1.807) is 29.3 Å². The van der Waals surface area contributed by atoms with Gasteiger partial charge in [-0.25, -0.2) is 9.80 Å². The molecule has 0 atom stereocenters. The van der Waals surface area contributed by atoms with Gasteiger partial charge in [-0.2, -0.15) is 0 Å². The van der Waals surface area contributed by atoms with E-state index in [2.05, 4.69) is 15.3 Å². The monoisotopic (exact) mass is 377 g/mol. The number of H-pyrrole nitrogens is 1. The van der Waals surface area contributed by atoms with Crippen LogP contribution in [0, 0.1) is 0 Å². The second-order valence-electron chi connectivity index (χ2n) is 6.22. The average Bonchev–Trinajstić information content (AvgIpc) is 2.62. The molecule has 0 radical (unpaired) electrons. The van der Waals surface area contributed by atoms with Crippen LogP contribution in [-0.2, 0) is 6.54 Å². The lowest BCUT2D eigenvalue weighted by Crippen LogP contribution is -2.53. The van der Waals surface area contributed by atoms with Gasteiger partial charge in [-0.1, -0.05) is 29.8 Å². The highest BCUT2D eigenvalue weighted by Crippen LogP contribution is 2.14. The van der Waals surface area contributed by atoms with E-state index in [4.69, 9.17) is 11.6 Å². The van der Waals surface area contributed by atoms with E-state index >= 15 is 0 Å². The molecular formula is C17H20ClN5O3. The van der Waals surface area contributed by atoms with Gasteiger partial charge >= 0.3 is 5.69 Å². The van der Waals surface area contributed by atoms with Gasteiger partial charge in [0.25, 0.3) is 11.5 Å². The lowest BCUT2D eigenvalue weighted by atomic mass is 10.2. The third-order valence-corrected chi connectivity index (χ3v) is 4.72. The van der Waals surface area contributed by atoms with E-state index in [9.17, 15) is 14.4 Å². The number of halogens is 1. The van der Waals surface area contributed by atoms with Crippen molar-refractivity contribution >= 4 is 17.5 Å². The number of carbonyl (C=O) groups excluding carboxylic acids is 1. The molecule has 2 N–H and O–H groups in total. The normalized spacial score (nSPS) is 15.8. The van der Waals surface area contributed by atoms with Gasteiger partial charge in [0.2, 0.25) is 0 Å². The van der Waals surface area contributed by atoms with E-state index in [0.717, 1.165) is 23.9 Å². The predicted octanol–water partition coefficient (Wildman–Crippen LogP) is 0.131. The van der Waals surface area contributed by atoms with Crippen LogP contribution in [0.5, 0.6) is 0 Å². The fourth-order valence-corrected chi connectivity index (χ4v) is 2.93. The molecule has 2 aromatic rings. The van der Waals surface area contributed by atoms with Gasteiger partial charge in [0.05, 0.1) is 6.54 Å². The summed E-state index contributed by atoms with van der Waals surface area (Å²) in [6.45, 7) is 2.97. The summed E-state index contributed by atoms with van der Waals surface area (Å²) in [5, 5.41) is 2.22. The third-order valence-electron chi connectivity index (χ3n) is 4.35. The number of aromatic amines is 1. The van der Waals surface area contributed by atoms with Crippen molar-refractivity contribution in [1.29, 1.82) is 0 Å². The zero-order valence-electron chi connectivity index (χ0n) is 14.4. The molecule has 9 heteroatoms. The SMILES string of the molecule is CN1CCN(NC(=O)c2c[nH]c(=O)n(Cc3ccccc3Cl)c2=O)CC1. The lowest BCUT2D eigenvalue weighted by Gasteiger charge is -2.32. The second-order valence-corrected chi connectivity index (χ2v) is 6.63. The Kier molecular flexibility index (Phi) is 5.55. The van der Waals surface area contributed by atoms with Crippen LogP contribution in [0.4, 0.5) is 0 Å². The molecular weight excluding hydrogens is 358 g/mol. The van der Waals surface area contributed by atoms with E-state index in [0.29, 0.717) is 23.7 Å². The first-order chi connectivity index (χ1) is 12.5. The van der Waals surface area contributed by atoms with Crippen LogP contribution in [0.15, 0.2) is 40.1 Å². The number of benzene rings is 1.